The Hall–Kier alpha value is -0.540. The molecule has 0 spiro atoms. The van der Waals surface area contributed by atoms with Crippen LogP contribution in [0.4, 0.5) is 0 Å². The fourth-order valence-electron chi connectivity index (χ4n) is 1.09. The molecular formula is C10H11BrClNO. The van der Waals surface area contributed by atoms with E-state index in [0.29, 0.717) is 11.9 Å². The zero-order chi connectivity index (χ0) is 10.4. The summed E-state index contributed by atoms with van der Waals surface area (Å²) in [6.07, 6.45) is 0.805. The van der Waals surface area contributed by atoms with Gasteiger partial charge in [-0.25, -0.2) is 0 Å². The molecule has 0 aliphatic rings. The second-order valence-electron chi connectivity index (χ2n) is 2.86. The van der Waals surface area contributed by atoms with Crippen LogP contribution in [0.2, 0.25) is 5.02 Å². The quantitative estimate of drug-likeness (QED) is 0.841. The minimum Gasteiger partial charge on any atom is -0.355 e. The predicted molar refractivity (Wildman–Crippen MR) is 62.0 cm³/mol. The van der Waals surface area contributed by atoms with Gasteiger partial charge in [-0.2, -0.15) is 0 Å². The second kappa shape index (κ2) is 6.04. The lowest BCUT2D eigenvalue weighted by molar-refractivity contribution is -0.118. The number of amides is 1. The maximum absolute atomic E-state index is 10.9. The van der Waals surface area contributed by atoms with E-state index < -0.39 is 0 Å². The van der Waals surface area contributed by atoms with E-state index >= 15 is 0 Å². The molecule has 1 N–H and O–H groups in total. The van der Waals surface area contributed by atoms with E-state index in [9.17, 15) is 4.79 Å². The van der Waals surface area contributed by atoms with Gasteiger partial charge in [0, 0.05) is 11.6 Å². The molecule has 76 valence electrons. The standard InChI is InChI=1S/C10H11BrClNO/c11-7-10(14)13-5-4-8-2-1-3-9(12)6-8/h1-3,6H,4-5,7H2,(H,13,14). The van der Waals surface area contributed by atoms with E-state index in [0.717, 1.165) is 17.0 Å². The SMILES string of the molecule is O=C(CBr)NCCc1cccc(Cl)c1. The number of alkyl halides is 1. The number of benzene rings is 1. The molecule has 2 nitrogen and oxygen atoms in total. The molecule has 0 aliphatic heterocycles. The predicted octanol–water partition coefficient (Wildman–Crippen LogP) is 2.39. The summed E-state index contributed by atoms with van der Waals surface area (Å²) in [6.45, 7) is 0.644. The molecule has 1 rings (SSSR count). The average Bonchev–Trinajstić information content (AvgIpc) is 2.17. The summed E-state index contributed by atoms with van der Waals surface area (Å²) < 4.78 is 0. The molecule has 4 heteroatoms. The summed E-state index contributed by atoms with van der Waals surface area (Å²) in [6, 6.07) is 7.64. The topological polar surface area (TPSA) is 29.1 Å². The third-order valence-corrected chi connectivity index (χ3v) is 2.49. The molecule has 0 saturated carbocycles. The first kappa shape index (κ1) is 11.5. The highest BCUT2D eigenvalue weighted by atomic mass is 79.9. The second-order valence-corrected chi connectivity index (χ2v) is 3.86. The van der Waals surface area contributed by atoms with E-state index in [1.807, 2.05) is 24.3 Å². The van der Waals surface area contributed by atoms with Crippen LogP contribution in [0.15, 0.2) is 24.3 Å². The Morgan fingerprint density at radius 3 is 2.93 bits per heavy atom. The van der Waals surface area contributed by atoms with Crippen LogP contribution < -0.4 is 5.32 Å². The van der Waals surface area contributed by atoms with Gasteiger partial charge in [0.2, 0.25) is 5.91 Å². The fraction of sp³-hybridized carbons (Fsp3) is 0.300. The first-order valence-electron chi connectivity index (χ1n) is 4.29. The summed E-state index contributed by atoms with van der Waals surface area (Å²) >= 11 is 8.90. The average molecular weight is 277 g/mol. The van der Waals surface area contributed by atoms with Crippen LogP contribution in [0, 0.1) is 0 Å². The Morgan fingerprint density at radius 1 is 1.50 bits per heavy atom. The monoisotopic (exact) mass is 275 g/mol. The molecule has 14 heavy (non-hydrogen) atoms. The van der Waals surface area contributed by atoms with Crippen molar-refractivity contribution in [3.63, 3.8) is 0 Å². The van der Waals surface area contributed by atoms with Crippen LogP contribution in [-0.4, -0.2) is 17.8 Å². The summed E-state index contributed by atoms with van der Waals surface area (Å²) in [5.41, 5.74) is 1.13. The first-order valence-corrected chi connectivity index (χ1v) is 5.79. The maximum atomic E-state index is 10.9. The van der Waals surface area contributed by atoms with Gasteiger partial charge in [-0.1, -0.05) is 39.7 Å². The molecule has 0 fully saturated rings. The molecule has 0 aliphatic carbocycles. The normalized spacial score (nSPS) is 9.86. The lowest BCUT2D eigenvalue weighted by Gasteiger charge is -2.03. The third-order valence-electron chi connectivity index (χ3n) is 1.75. The summed E-state index contributed by atoms with van der Waals surface area (Å²) in [7, 11) is 0. The van der Waals surface area contributed by atoms with E-state index in [1.165, 1.54) is 0 Å². The molecule has 0 unspecified atom stereocenters. The highest BCUT2D eigenvalue weighted by Crippen LogP contribution is 2.10. The Balaban J connectivity index is 2.35. The van der Waals surface area contributed by atoms with Gasteiger partial charge in [0.15, 0.2) is 0 Å². The molecule has 0 bridgehead atoms. The largest absolute Gasteiger partial charge is 0.355 e. The smallest absolute Gasteiger partial charge is 0.230 e. The first-order chi connectivity index (χ1) is 6.72. The molecule has 1 aromatic carbocycles. The summed E-state index contributed by atoms with van der Waals surface area (Å²) in [5, 5.41) is 3.85. The number of carbonyl (C=O) groups is 1. The Kier molecular flexibility index (Phi) is 4.98. The molecule has 0 heterocycles. The van der Waals surface area contributed by atoms with Crippen LogP contribution >= 0.6 is 27.5 Å². The van der Waals surface area contributed by atoms with Crippen LogP contribution in [0.1, 0.15) is 5.56 Å². The van der Waals surface area contributed by atoms with Gasteiger partial charge >= 0.3 is 0 Å². The molecule has 0 atom stereocenters. The Morgan fingerprint density at radius 2 is 2.29 bits per heavy atom. The van der Waals surface area contributed by atoms with E-state index in [2.05, 4.69) is 21.2 Å². The molecular weight excluding hydrogens is 265 g/mol. The highest BCUT2D eigenvalue weighted by molar-refractivity contribution is 9.09. The minimum absolute atomic E-state index is 0.00651. The van der Waals surface area contributed by atoms with E-state index in [1.54, 1.807) is 0 Å². The van der Waals surface area contributed by atoms with Crippen LogP contribution in [0.5, 0.6) is 0 Å². The van der Waals surface area contributed by atoms with Gasteiger partial charge in [-0.05, 0) is 24.1 Å². The van der Waals surface area contributed by atoms with Crippen molar-refractivity contribution in [2.24, 2.45) is 0 Å². The number of hydrogen-bond acceptors (Lipinski definition) is 1. The van der Waals surface area contributed by atoms with Crippen molar-refractivity contribution < 1.29 is 4.79 Å². The van der Waals surface area contributed by atoms with Crippen LogP contribution in [0.25, 0.3) is 0 Å². The number of carbonyl (C=O) groups excluding carboxylic acids is 1. The third kappa shape index (κ3) is 4.11. The van der Waals surface area contributed by atoms with Crippen LogP contribution in [0.3, 0.4) is 0 Å². The summed E-state index contributed by atoms with van der Waals surface area (Å²) in [5.74, 6) is 0.00651. The van der Waals surface area contributed by atoms with E-state index in [4.69, 9.17) is 11.6 Å². The molecule has 1 amide bonds. The lowest BCUT2D eigenvalue weighted by atomic mass is 10.1. The number of nitrogens with one attached hydrogen (secondary N) is 1. The zero-order valence-corrected chi connectivity index (χ0v) is 9.94. The lowest BCUT2D eigenvalue weighted by Crippen LogP contribution is -2.26. The maximum Gasteiger partial charge on any atom is 0.230 e. The molecule has 1 aromatic rings. The number of hydrogen-bond donors (Lipinski definition) is 1. The van der Waals surface area contributed by atoms with Crippen molar-refractivity contribution in [2.75, 3.05) is 11.9 Å². The van der Waals surface area contributed by atoms with Crippen molar-refractivity contribution in [2.45, 2.75) is 6.42 Å². The van der Waals surface area contributed by atoms with Gasteiger partial charge in [-0.15, -0.1) is 0 Å². The van der Waals surface area contributed by atoms with Crippen molar-refractivity contribution in [1.82, 2.24) is 5.32 Å². The van der Waals surface area contributed by atoms with Crippen molar-refractivity contribution in [3.05, 3.63) is 34.9 Å². The number of halogens is 2. The molecule has 0 aromatic heterocycles. The van der Waals surface area contributed by atoms with Gasteiger partial charge in [-0.3, -0.25) is 4.79 Å². The molecule has 0 saturated heterocycles. The number of rotatable bonds is 4. The van der Waals surface area contributed by atoms with E-state index in [-0.39, 0.29) is 5.91 Å². The zero-order valence-electron chi connectivity index (χ0n) is 7.59. The van der Waals surface area contributed by atoms with Gasteiger partial charge in [0.25, 0.3) is 0 Å². The molecule has 0 radical (unpaired) electrons. The van der Waals surface area contributed by atoms with Crippen LogP contribution in [-0.2, 0) is 11.2 Å². The van der Waals surface area contributed by atoms with Crippen molar-refractivity contribution in [1.29, 1.82) is 0 Å². The Labute approximate surface area is 96.8 Å². The summed E-state index contributed by atoms with van der Waals surface area (Å²) in [4.78, 5) is 10.9. The van der Waals surface area contributed by atoms with Crippen molar-refractivity contribution >= 4 is 33.4 Å². The minimum atomic E-state index is 0.00651. The Bertz CT molecular complexity index is 317. The van der Waals surface area contributed by atoms with Gasteiger partial charge in [0.05, 0.1) is 5.33 Å². The van der Waals surface area contributed by atoms with Gasteiger partial charge < -0.3 is 5.32 Å². The fourth-order valence-corrected chi connectivity index (χ4v) is 1.50. The van der Waals surface area contributed by atoms with Crippen molar-refractivity contribution in [3.8, 4) is 0 Å². The van der Waals surface area contributed by atoms with Gasteiger partial charge in [0.1, 0.15) is 0 Å². The highest BCUT2D eigenvalue weighted by Gasteiger charge is 1.97.